The third-order valence-corrected chi connectivity index (χ3v) is 5.09. The molecular weight excluding hydrogens is 322 g/mol. The molecule has 0 aliphatic heterocycles. The molecule has 3 nitrogen and oxygen atoms in total. The van der Waals surface area contributed by atoms with Gasteiger partial charge in [-0.1, -0.05) is 117 Å². The summed E-state index contributed by atoms with van der Waals surface area (Å²) >= 11 is 0. The molecule has 26 heavy (non-hydrogen) atoms. The number of likely N-dealkylation sites (N-methyl/N-ethyl adjacent to an activating group) is 1. The maximum absolute atomic E-state index is 10.1. The van der Waals surface area contributed by atoms with Gasteiger partial charge >= 0.3 is 5.97 Å². The van der Waals surface area contributed by atoms with Gasteiger partial charge in [0.15, 0.2) is 0 Å². The van der Waals surface area contributed by atoms with Gasteiger partial charge in [0.1, 0.15) is 6.04 Å². The van der Waals surface area contributed by atoms with Gasteiger partial charge in [-0.2, -0.15) is 0 Å². The van der Waals surface area contributed by atoms with Crippen LogP contribution in [0.4, 0.5) is 0 Å². The maximum Gasteiger partial charge on any atom is 0.320 e. The van der Waals surface area contributed by atoms with Gasteiger partial charge in [-0.15, -0.1) is 0 Å². The van der Waals surface area contributed by atoms with Crippen molar-refractivity contribution in [2.24, 2.45) is 0 Å². The van der Waals surface area contributed by atoms with Crippen molar-refractivity contribution in [3.05, 3.63) is 0 Å². The zero-order valence-electron chi connectivity index (χ0n) is 18.7. The minimum Gasteiger partial charge on any atom is -0.480 e. The molecule has 0 aromatic rings. The largest absolute Gasteiger partial charge is 0.480 e. The van der Waals surface area contributed by atoms with Crippen LogP contribution in [0.15, 0.2) is 0 Å². The zero-order chi connectivity index (χ0) is 20.0. The number of hydrogen-bond acceptors (Lipinski definition) is 2. The van der Waals surface area contributed by atoms with Crippen molar-refractivity contribution in [2.45, 2.75) is 130 Å². The fraction of sp³-hybridized carbons (Fsp3) is 0.957. The van der Waals surface area contributed by atoms with Crippen LogP contribution in [0.25, 0.3) is 0 Å². The highest BCUT2D eigenvalue weighted by atomic mass is 16.4. The first kappa shape index (κ1) is 27.6. The number of aliphatic carboxylic acids is 1. The van der Waals surface area contributed by atoms with E-state index < -0.39 is 5.97 Å². The monoisotopic (exact) mass is 371 g/mol. The maximum atomic E-state index is 10.1. The van der Waals surface area contributed by atoms with Crippen molar-refractivity contribution in [3.63, 3.8) is 0 Å². The lowest BCUT2D eigenvalue weighted by Crippen LogP contribution is -2.32. The normalized spacial score (nSPS) is 11.9. The van der Waals surface area contributed by atoms with Gasteiger partial charge in [-0.25, -0.2) is 0 Å². The van der Waals surface area contributed by atoms with Gasteiger partial charge in [0, 0.05) is 0 Å². The summed E-state index contributed by atoms with van der Waals surface area (Å²) in [4.78, 5) is 11.7. The van der Waals surface area contributed by atoms with Crippen LogP contribution >= 0.6 is 0 Å². The Kier molecular flexibility index (Phi) is 23.9. The third-order valence-electron chi connectivity index (χ3n) is 5.09. The van der Waals surface area contributed by atoms with Crippen molar-refractivity contribution in [2.75, 3.05) is 14.1 Å². The Bertz CT molecular complexity index is 263. The van der Waals surface area contributed by atoms with E-state index in [2.05, 4.69) is 13.8 Å². The van der Waals surface area contributed by atoms with E-state index >= 15 is 0 Å². The Morgan fingerprint density at radius 3 is 1.00 bits per heavy atom. The van der Waals surface area contributed by atoms with Crippen LogP contribution in [0.3, 0.4) is 0 Å². The molecule has 0 bridgehead atoms. The first-order valence-electron chi connectivity index (χ1n) is 11.4. The number of carbonyl (C=O) groups is 1. The van der Waals surface area contributed by atoms with Crippen molar-refractivity contribution in [1.82, 2.24) is 4.90 Å². The molecule has 1 unspecified atom stereocenters. The first-order valence-corrected chi connectivity index (χ1v) is 11.4. The van der Waals surface area contributed by atoms with E-state index in [1.54, 1.807) is 25.9 Å². The van der Waals surface area contributed by atoms with Crippen molar-refractivity contribution in [3.8, 4) is 0 Å². The summed E-state index contributed by atoms with van der Waals surface area (Å²) in [5.74, 6) is -0.782. The highest BCUT2D eigenvalue weighted by molar-refractivity contribution is 5.72. The molecule has 0 saturated heterocycles. The van der Waals surface area contributed by atoms with E-state index in [-0.39, 0.29) is 6.04 Å². The van der Waals surface area contributed by atoms with Crippen LogP contribution < -0.4 is 0 Å². The average Bonchev–Trinajstić information content (AvgIpc) is 2.61. The Labute approximate surface area is 164 Å². The van der Waals surface area contributed by atoms with Crippen molar-refractivity contribution < 1.29 is 9.90 Å². The Balaban J connectivity index is 0. The number of unbranched alkanes of at least 4 members (excludes halogenated alkanes) is 15. The van der Waals surface area contributed by atoms with E-state index in [9.17, 15) is 4.79 Å². The molecule has 1 atom stereocenters. The molecule has 0 aliphatic rings. The van der Waals surface area contributed by atoms with E-state index in [0.29, 0.717) is 0 Å². The predicted molar refractivity (Wildman–Crippen MR) is 116 cm³/mol. The lowest BCUT2D eigenvalue weighted by molar-refractivity contribution is -0.141. The molecule has 0 fully saturated rings. The summed E-state index contributed by atoms with van der Waals surface area (Å²) in [6.45, 7) is 6.23. The van der Waals surface area contributed by atoms with E-state index in [1.807, 2.05) is 0 Å². The number of nitrogens with zero attached hydrogens (tertiary/aromatic N) is 1. The fourth-order valence-corrected chi connectivity index (χ4v) is 2.84. The average molecular weight is 372 g/mol. The summed E-state index contributed by atoms with van der Waals surface area (Å²) in [5.41, 5.74) is 0. The third kappa shape index (κ3) is 23.4. The van der Waals surface area contributed by atoms with E-state index in [0.717, 1.165) is 0 Å². The SMILES string of the molecule is CC(C(=O)O)N(C)C.CCCCCCCCCCCCCCCCCC. The van der Waals surface area contributed by atoms with Gasteiger partial charge in [0.25, 0.3) is 0 Å². The summed E-state index contributed by atoms with van der Waals surface area (Å²) < 4.78 is 0. The molecule has 3 heteroatoms. The molecule has 0 heterocycles. The molecule has 0 radical (unpaired) electrons. The number of carboxylic acids is 1. The molecule has 0 aromatic heterocycles. The highest BCUT2D eigenvalue weighted by Crippen LogP contribution is 2.13. The number of carboxylic acid groups (broad SMARTS) is 1. The summed E-state index contributed by atoms with van der Waals surface area (Å²) in [7, 11) is 3.47. The number of rotatable bonds is 17. The van der Waals surface area contributed by atoms with E-state index in [4.69, 9.17) is 5.11 Å². The molecule has 0 rings (SSSR count). The zero-order valence-corrected chi connectivity index (χ0v) is 18.7. The molecule has 0 aliphatic carbocycles. The summed E-state index contributed by atoms with van der Waals surface area (Å²) in [5, 5.41) is 8.31. The molecule has 1 N–H and O–H groups in total. The lowest BCUT2D eigenvalue weighted by Gasteiger charge is -2.13. The van der Waals surface area contributed by atoms with Crippen LogP contribution in [0.1, 0.15) is 124 Å². The predicted octanol–water partition coefficient (Wildman–Crippen LogP) is 7.29. The van der Waals surface area contributed by atoms with E-state index in [1.165, 1.54) is 103 Å². The molecule has 0 saturated carbocycles. The van der Waals surface area contributed by atoms with Gasteiger partial charge in [0.05, 0.1) is 0 Å². The van der Waals surface area contributed by atoms with Gasteiger partial charge in [-0.05, 0) is 21.0 Å². The van der Waals surface area contributed by atoms with Crippen LogP contribution in [-0.2, 0) is 4.79 Å². The van der Waals surface area contributed by atoms with Crippen LogP contribution in [0.5, 0.6) is 0 Å². The summed E-state index contributed by atoms with van der Waals surface area (Å²) in [6, 6.07) is -0.380. The quantitative estimate of drug-likeness (QED) is 0.273. The highest BCUT2D eigenvalue weighted by Gasteiger charge is 2.11. The minimum atomic E-state index is -0.782. The molecule has 158 valence electrons. The van der Waals surface area contributed by atoms with Gasteiger partial charge < -0.3 is 5.11 Å². The second-order valence-electron chi connectivity index (χ2n) is 7.93. The van der Waals surface area contributed by atoms with Crippen molar-refractivity contribution in [1.29, 1.82) is 0 Å². The second-order valence-corrected chi connectivity index (χ2v) is 7.93. The van der Waals surface area contributed by atoms with Gasteiger partial charge in [0.2, 0.25) is 0 Å². The Morgan fingerprint density at radius 1 is 0.654 bits per heavy atom. The molecule has 0 amide bonds. The first-order chi connectivity index (χ1) is 12.5. The topological polar surface area (TPSA) is 40.5 Å². The van der Waals surface area contributed by atoms with Crippen LogP contribution in [0.2, 0.25) is 0 Å². The number of hydrogen-bond donors (Lipinski definition) is 1. The van der Waals surface area contributed by atoms with Gasteiger partial charge in [-0.3, -0.25) is 9.69 Å². The van der Waals surface area contributed by atoms with Crippen molar-refractivity contribution >= 4 is 5.97 Å². The van der Waals surface area contributed by atoms with Crippen LogP contribution in [0, 0.1) is 0 Å². The molecule has 0 spiro atoms. The lowest BCUT2D eigenvalue weighted by atomic mass is 10.0. The van der Waals surface area contributed by atoms with Crippen LogP contribution in [-0.4, -0.2) is 36.1 Å². The Morgan fingerprint density at radius 2 is 0.885 bits per heavy atom. The molecule has 0 aromatic carbocycles. The second kappa shape index (κ2) is 22.5. The fourth-order valence-electron chi connectivity index (χ4n) is 2.84. The minimum absolute atomic E-state index is 0.380. The smallest absolute Gasteiger partial charge is 0.320 e. The Hall–Kier alpha value is -0.570. The molecular formula is C23H49NO2. The summed E-state index contributed by atoms with van der Waals surface area (Å²) in [6.07, 6.45) is 23.4. The standard InChI is InChI=1S/C18H38.C5H11NO2/c1-3-5-7-9-11-13-15-17-18-16-14-12-10-8-6-4-2;1-4(5(7)8)6(2)3/h3-18H2,1-2H3;4H,1-3H3,(H,7,8).